The summed E-state index contributed by atoms with van der Waals surface area (Å²) in [5, 5.41) is 11.4. The molecule has 10 nitrogen and oxygen atoms in total. The number of nitrogens with zero attached hydrogens (tertiary/aromatic N) is 4. The van der Waals surface area contributed by atoms with E-state index < -0.39 is 21.9 Å². The Morgan fingerprint density at radius 2 is 1.90 bits per heavy atom. The van der Waals surface area contributed by atoms with Gasteiger partial charge in [-0.1, -0.05) is 24.3 Å². The summed E-state index contributed by atoms with van der Waals surface area (Å²) in [5.41, 5.74) is 11.7. The molecule has 0 saturated carbocycles. The van der Waals surface area contributed by atoms with Gasteiger partial charge in [-0.05, 0) is 73.7 Å². The molecule has 1 unspecified atom stereocenters. The van der Waals surface area contributed by atoms with Crippen molar-refractivity contribution in [3.8, 4) is 0 Å². The summed E-state index contributed by atoms with van der Waals surface area (Å²) in [7, 11) is -3.81. The number of hydrogen-bond donors (Lipinski definition) is 3. The first kappa shape index (κ1) is 29.3. The number of carboxylic acids is 1. The second-order valence-electron chi connectivity index (χ2n) is 10.1. The van der Waals surface area contributed by atoms with Gasteiger partial charge in [0.05, 0.1) is 17.8 Å². The van der Waals surface area contributed by atoms with Gasteiger partial charge < -0.3 is 20.7 Å². The van der Waals surface area contributed by atoms with Gasteiger partial charge in [0, 0.05) is 44.8 Å². The highest BCUT2D eigenvalue weighted by atomic mass is 32.2. The lowest BCUT2D eigenvalue weighted by Gasteiger charge is -2.26. The number of benzene rings is 2. The maximum absolute atomic E-state index is 13.7. The van der Waals surface area contributed by atoms with Crippen LogP contribution in [0.4, 0.5) is 17.2 Å². The van der Waals surface area contributed by atoms with Crippen LogP contribution < -0.4 is 21.5 Å². The highest BCUT2D eigenvalue weighted by molar-refractivity contribution is 7.89. The molecule has 3 aromatic rings. The number of hydrazine groups is 1. The highest BCUT2D eigenvalue weighted by Gasteiger charge is 2.33. The molecule has 1 aromatic heterocycles. The summed E-state index contributed by atoms with van der Waals surface area (Å²) in [5.74, 6) is 5.13. The van der Waals surface area contributed by atoms with Crippen molar-refractivity contribution in [3.05, 3.63) is 76.5 Å². The SMILES string of the molecule is CCN(N)c1ccc(C(CC(=O)O)c2ccc(C)c(CN3CCN(CC)c4ncccc4S3(=O)=O)c2)c(C)c1N. The third-order valence-electron chi connectivity index (χ3n) is 7.73. The number of rotatable bonds is 9. The first-order valence-corrected chi connectivity index (χ1v) is 14.9. The molecule has 0 fully saturated rings. The number of carboxylic acid groups (broad SMARTS) is 1. The number of likely N-dealkylation sites (N-methyl/N-ethyl adjacent to an activating group) is 1. The van der Waals surface area contributed by atoms with Gasteiger partial charge in [0.15, 0.2) is 0 Å². The Hall–Kier alpha value is -3.67. The number of nitrogens with two attached hydrogens (primary N) is 2. The zero-order valence-electron chi connectivity index (χ0n) is 23.5. The van der Waals surface area contributed by atoms with E-state index >= 15 is 0 Å². The van der Waals surface area contributed by atoms with E-state index in [1.807, 2.05) is 62.9 Å². The lowest BCUT2D eigenvalue weighted by atomic mass is 9.84. The number of aromatic nitrogens is 1. The van der Waals surface area contributed by atoms with Crippen LogP contribution >= 0.6 is 0 Å². The van der Waals surface area contributed by atoms with E-state index in [4.69, 9.17) is 11.6 Å². The van der Waals surface area contributed by atoms with Gasteiger partial charge in [-0.3, -0.25) is 4.79 Å². The number of anilines is 3. The predicted octanol–water partition coefficient (Wildman–Crippen LogP) is 3.62. The number of sulfonamides is 1. The van der Waals surface area contributed by atoms with E-state index in [1.165, 1.54) is 4.31 Å². The molecule has 2 aromatic carbocycles. The van der Waals surface area contributed by atoms with Crippen LogP contribution in [0, 0.1) is 13.8 Å². The summed E-state index contributed by atoms with van der Waals surface area (Å²) in [6.07, 6.45) is 1.46. The number of aliphatic carboxylic acids is 1. The molecule has 0 radical (unpaired) electrons. The van der Waals surface area contributed by atoms with E-state index in [0.717, 1.165) is 27.8 Å². The fraction of sp³-hybridized carbons (Fsp3) is 0.379. The normalized spacial score (nSPS) is 15.8. The minimum atomic E-state index is -3.81. The predicted molar refractivity (Wildman–Crippen MR) is 158 cm³/mol. The smallest absolute Gasteiger partial charge is 0.304 e. The van der Waals surface area contributed by atoms with Gasteiger partial charge in [-0.15, -0.1) is 0 Å². The third kappa shape index (κ3) is 5.63. The van der Waals surface area contributed by atoms with Crippen molar-refractivity contribution in [3.63, 3.8) is 0 Å². The van der Waals surface area contributed by atoms with Gasteiger partial charge >= 0.3 is 5.97 Å². The summed E-state index contributed by atoms with van der Waals surface area (Å²) in [6.45, 7) is 9.89. The third-order valence-corrected chi connectivity index (χ3v) is 9.60. The summed E-state index contributed by atoms with van der Waals surface area (Å²) < 4.78 is 29.0. The standard InChI is InChI=1S/C29H38N6O4S/c1-5-33-14-15-34(40(38,39)26-8-7-13-32-29(26)33)18-22-16-21(10-9-19(22)3)24(17-27(36)37)23-11-12-25(35(31)6-2)28(30)20(23)4/h7-13,16,24H,5-6,14-15,17-18,30-31H2,1-4H3,(H,36,37). The average Bonchev–Trinajstić information content (AvgIpc) is 3.03. The Balaban J connectivity index is 1.74. The van der Waals surface area contributed by atoms with E-state index in [9.17, 15) is 18.3 Å². The van der Waals surface area contributed by atoms with Crippen molar-refractivity contribution in [2.45, 2.75) is 51.5 Å². The van der Waals surface area contributed by atoms with Crippen molar-refractivity contribution in [1.29, 1.82) is 0 Å². The summed E-state index contributed by atoms with van der Waals surface area (Å²) in [6, 6.07) is 12.7. The molecular weight excluding hydrogens is 528 g/mol. The molecule has 1 aliphatic heterocycles. The molecule has 5 N–H and O–H groups in total. The van der Waals surface area contributed by atoms with Crippen molar-refractivity contribution in [2.24, 2.45) is 5.84 Å². The molecule has 1 atom stereocenters. The number of pyridine rings is 1. The number of hydrogen-bond acceptors (Lipinski definition) is 8. The zero-order valence-corrected chi connectivity index (χ0v) is 24.3. The fourth-order valence-corrected chi connectivity index (χ4v) is 6.84. The Bertz CT molecular complexity index is 1510. The van der Waals surface area contributed by atoms with Gasteiger partial charge in [0.1, 0.15) is 10.7 Å². The summed E-state index contributed by atoms with van der Waals surface area (Å²) >= 11 is 0. The second-order valence-corrected chi connectivity index (χ2v) is 12.0. The first-order chi connectivity index (χ1) is 19.0. The number of carbonyl (C=O) groups is 1. The number of aryl methyl sites for hydroxylation is 1. The molecule has 0 bridgehead atoms. The van der Waals surface area contributed by atoms with E-state index in [2.05, 4.69) is 4.98 Å². The molecule has 0 spiro atoms. The Kier molecular flexibility index (Phi) is 8.67. The monoisotopic (exact) mass is 566 g/mol. The van der Waals surface area contributed by atoms with Gasteiger partial charge in [0.2, 0.25) is 10.0 Å². The van der Waals surface area contributed by atoms with Gasteiger partial charge in [-0.2, -0.15) is 4.31 Å². The maximum Gasteiger partial charge on any atom is 0.304 e. The first-order valence-electron chi connectivity index (χ1n) is 13.4. The molecule has 0 amide bonds. The maximum atomic E-state index is 13.7. The highest BCUT2D eigenvalue weighted by Crippen LogP contribution is 2.37. The fourth-order valence-electron chi connectivity index (χ4n) is 5.27. The minimum Gasteiger partial charge on any atom is -0.481 e. The van der Waals surface area contributed by atoms with Crippen LogP contribution in [0.2, 0.25) is 0 Å². The van der Waals surface area contributed by atoms with Gasteiger partial charge in [-0.25, -0.2) is 19.2 Å². The van der Waals surface area contributed by atoms with E-state index in [0.29, 0.717) is 43.4 Å². The lowest BCUT2D eigenvalue weighted by molar-refractivity contribution is -0.137. The molecule has 2 heterocycles. The van der Waals surface area contributed by atoms with Crippen LogP contribution in [0.5, 0.6) is 0 Å². The van der Waals surface area contributed by atoms with Crippen molar-refractivity contribution in [2.75, 3.05) is 41.8 Å². The second kappa shape index (κ2) is 11.8. The molecule has 0 aliphatic carbocycles. The lowest BCUT2D eigenvalue weighted by Crippen LogP contribution is -2.34. The van der Waals surface area contributed by atoms with Crippen LogP contribution in [-0.2, 0) is 21.4 Å². The molecule has 4 rings (SSSR count). The average molecular weight is 567 g/mol. The molecular formula is C29H38N6O4S. The van der Waals surface area contributed by atoms with Crippen LogP contribution in [0.25, 0.3) is 0 Å². The van der Waals surface area contributed by atoms with Crippen molar-refractivity contribution in [1.82, 2.24) is 9.29 Å². The molecule has 1 aliphatic rings. The number of nitrogen functional groups attached to an aromatic ring is 1. The van der Waals surface area contributed by atoms with Crippen LogP contribution in [-0.4, -0.2) is 55.0 Å². The van der Waals surface area contributed by atoms with Gasteiger partial charge in [0.25, 0.3) is 0 Å². The van der Waals surface area contributed by atoms with Crippen molar-refractivity contribution < 1.29 is 18.3 Å². The topological polar surface area (TPSA) is 146 Å². The Labute approximate surface area is 236 Å². The molecule has 214 valence electrons. The summed E-state index contributed by atoms with van der Waals surface area (Å²) in [4.78, 5) is 18.5. The molecule has 0 saturated heterocycles. The van der Waals surface area contributed by atoms with E-state index in [1.54, 1.807) is 23.3 Å². The Morgan fingerprint density at radius 3 is 2.58 bits per heavy atom. The number of fused-ring (bicyclic) bond motifs is 1. The van der Waals surface area contributed by atoms with Crippen LogP contribution in [0.3, 0.4) is 0 Å². The van der Waals surface area contributed by atoms with Crippen molar-refractivity contribution >= 4 is 33.2 Å². The zero-order chi connectivity index (χ0) is 29.2. The largest absolute Gasteiger partial charge is 0.481 e. The molecule has 11 heteroatoms. The quantitative estimate of drug-likeness (QED) is 0.201. The molecule has 40 heavy (non-hydrogen) atoms. The Morgan fingerprint density at radius 1 is 1.15 bits per heavy atom. The minimum absolute atomic E-state index is 0.144. The van der Waals surface area contributed by atoms with Crippen LogP contribution in [0.15, 0.2) is 53.6 Å². The van der Waals surface area contributed by atoms with E-state index in [-0.39, 0.29) is 17.9 Å². The van der Waals surface area contributed by atoms with Crippen LogP contribution in [0.1, 0.15) is 54.0 Å².